The average molecular weight is 428 g/mol. The lowest BCUT2D eigenvalue weighted by Gasteiger charge is -2.37. The first-order valence-electron chi connectivity index (χ1n) is 9.62. The number of esters is 1. The summed E-state index contributed by atoms with van der Waals surface area (Å²) in [5, 5.41) is 0.108. The van der Waals surface area contributed by atoms with E-state index < -0.39 is 18.2 Å². The molecule has 1 aromatic rings. The summed E-state index contributed by atoms with van der Waals surface area (Å²) in [6.45, 7) is 12.4. The molecule has 0 N–H and O–H groups in total. The minimum atomic E-state index is -2.96. The minimum Gasteiger partial charge on any atom is -0.469 e. The van der Waals surface area contributed by atoms with E-state index in [4.69, 9.17) is 9.16 Å². The van der Waals surface area contributed by atoms with Gasteiger partial charge in [-0.1, -0.05) is 32.9 Å². The molecule has 1 saturated heterocycles. The van der Waals surface area contributed by atoms with Crippen molar-refractivity contribution in [3.63, 3.8) is 0 Å². The number of nitrogens with zero attached hydrogens (tertiary/aromatic N) is 1. The lowest BCUT2D eigenvalue weighted by atomic mass is 10.1. The summed E-state index contributed by atoms with van der Waals surface area (Å²) >= 11 is 0. The van der Waals surface area contributed by atoms with Gasteiger partial charge in [-0.05, 0) is 35.3 Å². The van der Waals surface area contributed by atoms with Crippen LogP contribution in [0.3, 0.4) is 0 Å². The summed E-state index contributed by atoms with van der Waals surface area (Å²) in [4.78, 5) is 13.8. The van der Waals surface area contributed by atoms with Gasteiger partial charge in [0.1, 0.15) is 0 Å². The number of anilines is 1. The van der Waals surface area contributed by atoms with Crippen molar-refractivity contribution in [2.75, 3.05) is 36.6 Å². The Hall–Kier alpha value is -1.38. The van der Waals surface area contributed by atoms with Gasteiger partial charge in [-0.25, -0.2) is 8.42 Å². The third-order valence-corrected chi connectivity index (χ3v) is 11.9. The Balaban J connectivity index is 2.29. The van der Waals surface area contributed by atoms with Crippen LogP contribution in [-0.4, -0.2) is 54.4 Å². The van der Waals surface area contributed by atoms with E-state index in [-0.39, 0.29) is 28.9 Å². The van der Waals surface area contributed by atoms with E-state index in [1.807, 2.05) is 18.2 Å². The van der Waals surface area contributed by atoms with Crippen molar-refractivity contribution in [1.29, 1.82) is 0 Å². The summed E-state index contributed by atoms with van der Waals surface area (Å²) in [5.74, 6) is 0.00510. The molecule has 28 heavy (non-hydrogen) atoms. The highest BCUT2D eigenvalue weighted by Crippen LogP contribution is 2.38. The predicted octanol–water partition coefficient (Wildman–Crippen LogP) is 3.16. The van der Waals surface area contributed by atoms with Crippen LogP contribution in [0.5, 0.6) is 0 Å². The van der Waals surface area contributed by atoms with Gasteiger partial charge in [0.05, 0.1) is 31.6 Å². The van der Waals surface area contributed by atoms with Crippen molar-refractivity contribution in [1.82, 2.24) is 0 Å². The standard InChI is InChI=1S/C20H33NO5SSi/c1-20(2,3)28(5,6)26-15-17-8-7-16(14-19(22)25-4)13-18(17)21-9-11-27(23,24)12-10-21/h7-8,13H,9-12,14-15H2,1-6H3. The SMILES string of the molecule is COC(=O)Cc1ccc(CO[Si](C)(C)C(C)(C)C)c(N2CCS(=O)(=O)CC2)c1. The van der Waals surface area contributed by atoms with Crippen LogP contribution >= 0.6 is 0 Å². The second-order valence-electron chi connectivity index (χ2n) is 8.90. The smallest absolute Gasteiger partial charge is 0.309 e. The molecule has 6 nitrogen and oxygen atoms in total. The fourth-order valence-corrected chi connectivity index (χ4v) is 4.95. The van der Waals surface area contributed by atoms with E-state index in [0.29, 0.717) is 19.7 Å². The number of ether oxygens (including phenoxy) is 1. The maximum atomic E-state index is 11.8. The maximum Gasteiger partial charge on any atom is 0.309 e. The Labute approximate surface area is 170 Å². The highest BCUT2D eigenvalue weighted by atomic mass is 32.2. The molecule has 0 bridgehead atoms. The molecule has 0 atom stereocenters. The quantitative estimate of drug-likeness (QED) is 0.513. The monoisotopic (exact) mass is 427 g/mol. The zero-order chi connectivity index (χ0) is 21.2. The van der Waals surface area contributed by atoms with Crippen LogP contribution in [0, 0.1) is 0 Å². The van der Waals surface area contributed by atoms with Crippen LogP contribution < -0.4 is 4.90 Å². The van der Waals surface area contributed by atoms with Crippen LogP contribution in [0.2, 0.25) is 18.1 Å². The molecule has 0 spiro atoms. The van der Waals surface area contributed by atoms with E-state index in [1.165, 1.54) is 7.11 Å². The van der Waals surface area contributed by atoms with Crippen molar-refractivity contribution >= 4 is 29.8 Å². The lowest BCUT2D eigenvalue weighted by Crippen LogP contribution is -2.42. The number of methoxy groups -OCH3 is 1. The van der Waals surface area contributed by atoms with E-state index in [2.05, 4.69) is 38.8 Å². The van der Waals surface area contributed by atoms with E-state index in [1.54, 1.807) is 0 Å². The second-order valence-corrected chi connectivity index (χ2v) is 16.0. The molecule has 0 aliphatic carbocycles. The highest BCUT2D eigenvalue weighted by Gasteiger charge is 2.37. The third kappa shape index (κ3) is 5.81. The van der Waals surface area contributed by atoms with Crippen molar-refractivity contribution in [3.05, 3.63) is 29.3 Å². The zero-order valence-corrected chi connectivity index (χ0v) is 19.7. The van der Waals surface area contributed by atoms with Gasteiger partial charge in [0.15, 0.2) is 18.2 Å². The van der Waals surface area contributed by atoms with Crippen LogP contribution in [0.1, 0.15) is 31.9 Å². The topological polar surface area (TPSA) is 72.9 Å². The molecule has 0 amide bonds. The van der Waals surface area contributed by atoms with Crippen LogP contribution in [0.15, 0.2) is 18.2 Å². The highest BCUT2D eigenvalue weighted by molar-refractivity contribution is 7.91. The lowest BCUT2D eigenvalue weighted by molar-refractivity contribution is -0.139. The summed E-state index contributed by atoms with van der Waals surface area (Å²) in [7, 11) is -3.51. The number of hydrogen-bond donors (Lipinski definition) is 0. The van der Waals surface area contributed by atoms with Gasteiger partial charge in [0.2, 0.25) is 0 Å². The Morgan fingerprint density at radius 2 is 1.79 bits per heavy atom. The summed E-state index contributed by atoms with van der Waals surface area (Å²) in [5.41, 5.74) is 2.83. The predicted molar refractivity (Wildman–Crippen MR) is 115 cm³/mol. The molecule has 0 saturated carbocycles. The first-order chi connectivity index (χ1) is 12.8. The van der Waals surface area contributed by atoms with Gasteiger partial charge in [-0.2, -0.15) is 0 Å². The van der Waals surface area contributed by atoms with Gasteiger partial charge in [-0.15, -0.1) is 0 Å². The molecule has 2 rings (SSSR count). The molecule has 0 aromatic heterocycles. The number of carbonyl (C=O) groups excluding carboxylic acids is 1. The molecule has 0 radical (unpaired) electrons. The normalized spacial score (nSPS) is 17.4. The third-order valence-electron chi connectivity index (χ3n) is 5.81. The molecule has 1 heterocycles. The average Bonchev–Trinajstić information content (AvgIpc) is 2.59. The Morgan fingerprint density at radius 3 is 2.32 bits per heavy atom. The Kier molecular flexibility index (Phi) is 6.99. The van der Waals surface area contributed by atoms with Gasteiger partial charge in [-0.3, -0.25) is 4.79 Å². The molecular formula is C20H33NO5SSi. The Bertz CT molecular complexity index is 800. The molecule has 158 valence electrons. The minimum absolute atomic E-state index is 0.108. The van der Waals surface area contributed by atoms with Crippen molar-refractivity contribution < 1.29 is 22.4 Å². The molecule has 1 aliphatic heterocycles. The van der Waals surface area contributed by atoms with E-state index >= 15 is 0 Å². The van der Waals surface area contributed by atoms with Crippen molar-refractivity contribution in [3.8, 4) is 0 Å². The largest absolute Gasteiger partial charge is 0.469 e. The number of hydrogen-bond acceptors (Lipinski definition) is 6. The zero-order valence-electron chi connectivity index (χ0n) is 17.9. The number of carbonyl (C=O) groups is 1. The molecule has 0 unspecified atom stereocenters. The van der Waals surface area contributed by atoms with Gasteiger partial charge < -0.3 is 14.1 Å². The molecule has 8 heteroatoms. The fraction of sp³-hybridized carbons (Fsp3) is 0.650. The van der Waals surface area contributed by atoms with Gasteiger partial charge >= 0.3 is 5.97 Å². The van der Waals surface area contributed by atoms with Gasteiger partial charge in [0, 0.05) is 18.8 Å². The molecule has 1 fully saturated rings. The van der Waals surface area contributed by atoms with Crippen LogP contribution in [0.25, 0.3) is 0 Å². The maximum absolute atomic E-state index is 11.8. The molecular weight excluding hydrogens is 394 g/mol. The van der Waals surface area contributed by atoms with E-state index in [0.717, 1.165) is 16.8 Å². The van der Waals surface area contributed by atoms with E-state index in [9.17, 15) is 13.2 Å². The fourth-order valence-electron chi connectivity index (χ4n) is 2.80. The summed E-state index contributed by atoms with van der Waals surface area (Å²) in [6.07, 6.45) is 0.193. The number of sulfone groups is 1. The summed E-state index contributed by atoms with van der Waals surface area (Å²) < 4.78 is 34.8. The van der Waals surface area contributed by atoms with Gasteiger partial charge in [0.25, 0.3) is 0 Å². The summed E-state index contributed by atoms with van der Waals surface area (Å²) in [6, 6.07) is 5.88. The molecule has 1 aromatic carbocycles. The Morgan fingerprint density at radius 1 is 1.18 bits per heavy atom. The van der Waals surface area contributed by atoms with Crippen molar-refractivity contribution in [2.45, 2.75) is 51.9 Å². The first-order valence-corrected chi connectivity index (χ1v) is 14.4. The van der Waals surface area contributed by atoms with Crippen LogP contribution in [0.4, 0.5) is 5.69 Å². The first kappa shape index (κ1) is 22.9. The second kappa shape index (κ2) is 8.55. The van der Waals surface area contributed by atoms with Crippen molar-refractivity contribution in [2.24, 2.45) is 0 Å². The number of benzene rings is 1. The molecule has 1 aliphatic rings. The van der Waals surface area contributed by atoms with Crippen LogP contribution in [-0.2, 0) is 36.8 Å². The number of rotatable bonds is 6.